The van der Waals surface area contributed by atoms with Gasteiger partial charge in [-0.1, -0.05) is 17.0 Å². The fourth-order valence-electron chi connectivity index (χ4n) is 3.59. The first kappa shape index (κ1) is 20.4. The fourth-order valence-corrected chi connectivity index (χ4v) is 3.59. The van der Waals surface area contributed by atoms with Crippen LogP contribution < -0.4 is 5.73 Å². The number of aliphatic hydroxyl groups excluding tert-OH is 1. The van der Waals surface area contributed by atoms with Gasteiger partial charge >= 0.3 is 0 Å². The molecule has 0 unspecified atom stereocenters. The molecule has 156 valence electrons. The number of hydrogen-bond donors (Lipinski definition) is 2. The highest BCUT2D eigenvalue weighted by Crippen LogP contribution is 2.37. The molecule has 4 atom stereocenters. The summed E-state index contributed by atoms with van der Waals surface area (Å²) in [5.41, 5.74) is 8.57. The van der Waals surface area contributed by atoms with Crippen LogP contribution >= 0.6 is 0 Å². The summed E-state index contributed by atoms with van der Waals surface area (Å²) in [6.45, 7) is 2.77. The second kappa shape index (κ2) is 8.84. The molecule has 2 aromatic heterocycles. The summed E-state index contributed by atoms with van der Waals surface area (Å²) in [5, 5.41) is 14.1. The Labute approximate surface area is 175 Å². The third-order valence-corrected chi connectivity index (χ3v) is 5.38. The number of aromatic nitrogens is 3. The van der Waals surface area contributed by atoms with E-state index in [0.717, 1.165) is 24.2 Å². The minimum absolute atomic E-state index is 0.265. The first-order chi connectivity index (χ1) is 14.6. The molecule has 4 rings (SSSR count). The second-order valence-electron chi connectivity index (χ2n) is 7.64. The van der Waals surface area contributed by atoms with E-state index in [-0.39, 0.29) is 6.04 Å². The van der Waals surface area contributed by atoms with Crippen LogP contribution in [0.1, 0.15) is 42.6 Å². The van der Waals surface area contributed by atoms with Crippen LogP contribution in [-0.4, -0.2) is 40.1 Å². The predicted molar refractivity (Wildman–Crippen MR) is 112 cm³/mol. The van der Waals surface area contributed by atoms with Crippen LogP contribution in [0.25, 0.3) is 11.3 Å². The molecular weight excluding hydrogens is 380 g/mol. The summed E-state index contributed by atoms with van der Waals surface area (Å²) in [4.78, 5) is 4.21. The third-order valence-electron chi connectivity index (χ3n) is 5.38. The van der Waals surface area contributed by atoms with E-state index in [1.54, 1.807) is 26.4 Å². The van der Waals surface area contributed by atoms with Crippen LogP contribution in [0.2, 0.25) is 0 Å². The number of hydrogen-bond acceptors (Lipinski definition) is 6. The normalized spacial score (nSPS) is 19.7. The molecule has 0 radical (unpaired) electrons. The van der Waals surface area contributed by atoms with Crippen LogP contribution in [0.15, 0.2) is 47.2 Å². The molecule has 1 aliphatic carbocycles. The highest BCUT2D eigenvalue weighted by molar-refractivity contribution is 5.59. The van der Waals surface area contributed by atoms with Crippen molar-refractivity contribution < 1.29 is 14.4 Å². The number of rotatable bonds is 7. The van der Waals surface area contributed by atoms with E-state index in [2.05, 4.69) is 22.0 Å². The van der Waals surface area contributed by atoms with Crippen molar-refractivity contribution in [1.29, 1.82) is 0 Å². The molecule has 7 nitrogen and oxygen atoms in total. The molecule has 3 N–H and O–H groups in total. The Kier molecular flexibility index (Phi) is 6.00. The van der Waals surface area contributed by atoms with Crippen molar-refractivity contribution in [2.75, 3.05) is 20.3 Å². The van der Waals surface area contributed by atoms with E-state index in [1.165, 1.54) is 0 Å². The smallest absolute Gasteiger partial charge is 0.167 e. The van der Waals surface area contributed by atoms with Gasteiger partial charge in [0.25, 0.3) is 0 Å². The molecule has 0 spiro atoms. The Morgan fingerprint density at radius 1 is 1.37 bits per heavy atom. The number of methoxy groups -OCH3 is 1. The summed E-state index contributed by atoms with van der Waals surface area (Å²) in [6.07, 6.45) is 3.85. The Hall–Kier alpha value is -2.92. The second-order valence-corrected chi connectivity index (χ2v) is 7.64. The van der Waals surface area contributed by atoms with Gasteiger partial charge in [0, 0.05) is 49.2 Å². The van der Waals surface area contributed by atoms with Gasteiger partial charge in [-0.25, -0.2) is 4.98 Å². The topological polar surface area (TPSA) is 99.3 Å². The van der Waals surface area contributed by atoms with Gasteiger partial charge in [0.2, 0.25) is 0 Å². The third kappa shape index (κ3) is 4.31. The molecule has 30 heavy (non-hydrogen) atoms. The summed E-state index contributed by atoms with van der Waals surface area (Å²) >= 11 is 0. The monoisotopic (exact) mass is 406 g/mol. The number of benzene rings is 1. The Bertz CT molecular complexity index is 1040. The molecule has 1 saturated carbocycles. The molecule has 1 fully saturated rings. The van der Waals surface area contributed by atoms with E-state index >= 15 is 0 Å². The van der Waals surface area contributed by atoms with Gasteiger partial charge in [0.1, 0.15) is 17.6 Å². The zero-order chi connectivity index (χ0) is 21.1. The van der Waals surface area contributed by atoms with Gasteiger partial charge < -0.3 is 24.7 Å². The minimum Gasteiger partial charge on any atom is -0.385 e. The summed E-state index contributed by atoms with van der Waals surface area (Å²) < 4.78 is 12.6. The van der Waals surface area contributed by atoms with Gasteiger partial charge in [0.05, 0.1) is 12.6 Å². The van der Waals surface area contributed by atoms with E-state index in [4.69, 9.17) is 15.0 Å². The first-order valence-electron chi connectivity index (χ1n) is 10.1. The largest absolute Gasteiger partial charge is 0.385 e. The summed E-state index contributed by atoms with van der Waals surface area (Å²) in [6, 6.07) is 9.54. The number of nitrogens with two attached hydrogens (primary N) is 1. The molecule has 0 bridgehead atoms. The maximum absolute atomic E-state index is 9.93. The molecule has 1 aliphatic rings. The standard InChI is InChI=1S/C23H26N4O3/c1-15(28)23-25-9-10-27(23)21(13-24)20-12-22(30-26-20)17-6-3-16(4-7-17)5-8-18-11-19(18)14-29-2/h3-4,6-7,9-10,12,15,18-19,21,28H,11,13-14,24H2,1-2H3/t15-,18+,19-,21+/m0/s1. The lowest BCUT2D eigenvalue weighted by molar-refractivity contribution is 0.182. The number of nitrogens with zero attached hydrogens (tertiary/aromatic N) is 3. The van der Waals surface area contributed by atoms with Crippen molar-refractivity contribution in [3.05, 3.63) is 59.8 Å². The van der Waals surface area contributed by atoms with Crippen molar-refractivity contribution in [3.8, 4) is 23.2 Å². The maximum Gasteiger partial charge on any atom is 0.167 e. The SMILES string of the molecule is COC[C@@H]1C[C@H]1C#Cc1ccc(-c2cc([C@@H](CN)n3ccnc3[C@H](C)O)no2)cc1. The van der Waals surface area contributed by atoms with Crippen LogP contribution in [0.3, 0.4) is 0 Å². The first-order valence-corrected chi connectivity index (χ1v) is 10.1. The Balaban J connectivity index is 1.48. The molecule has 1 aromatic carbocycles. The lowest BCUT2D eigenvalue weighted by atomic mass is 10.1. The highest BCUT2D eigenvalue weighted by atomic mass is 16.5. The quantitative estimate of drug-likeness (QED) is 0.586. The zero-order valence-corrected chi connectivity index (χ0v) is 17.2. The maximum atomic E-state index is 9.93. The van der Waals surface area contributed by atoms with E-state index in [0.29, 0.717) is 35.7 Å². The molecule has 0 aliphatic heterocycles. The Morgan fingerprint density at radius 2 is 2.17 bits per heavy atom. The van der Waals surface area contributed by atoms with Crippen molar-refractivity contribution in [1.82, 2.24) is 14.7 Å². The van der Waals surface area contributed by atoms with Crippen molar-refractivity contribution in [2.45, 2.75) is 25.5 Å². The molecule has 2 heterocycles. The summed E-state index contributed by atoms with van der Waals surface area (Å²) in [5.74, 6) is 8.78. The molecule has 0 amide bonds. The van der Waals surface area contributed by atoms with Crippen LogP contribution in [-0.2, 0) is 4.74 Å². The molecule has 3 aromatic rings. The van der Waals surface area contributed by atoms with Crippen LogP contribution in [0.5, 0.6) is 0 Å². The van der Waals surface area contributed by atoms with Crippen LogP contribution in [0, 0.1) is 23.7 Å². The van der Waals surface area contributed by atoms with Gasteiger partial charge in [-0.15, -0.1) is 0 Å². The van der Waals surface area contributed by atoms with E-state index in [1.807, 2.05) is 34.9 Å². The number of aliphatic hydroxyl groups is 1. The lowest BCUT2D eigenvalue weighted by Crippen LogP contribution is -2.22. The van der Waals surface area contributed by atoms with Crippen molar-refractivity contribution in [3.63, 3.8) is 0 Å². The lowest BCUT2D eigenvalue weighted by Gasteiger charge is -2.17. The average molecular weight is 406 g/mol. The summed E-state index contributed by atoms with van der Waals surface area (Å²) in [7, 11) is 1.73. The molecular formula is C23H26N4O3. The zero-order valence-electron chi connectivity index (χ0n) is 17.2. The average Bonchev–Trinajstić information content (AvgIpc) is 3.11. The van der Waals surface area contributed by atoms with Gasteiger partial charge in [-0.3, -0.25) is 0 Å². The van der Waals surface area contributed by atoms with E-state index < -0.39 is 6.10 Å². The number of imidazole rings is 1. The Morgan fingerprint density at radius 3 is 2.87 bits per heavy atom. The van der Waals surface area contributed by atoms with Gasteiger partial charge in [-0.05, 0) is 43.5 Å². The van der Waals surface area contributed by atoms with Gasteiger partial charge in [-0.2, -0.15) is 0 Å². The predicted octanol–water partition coefficient (Wildman–Crippen LogP) is 2.77. The van der Waals surface area contributed by atoms with E-state index in [9.17, 15) is 5.11 Å². The van der Waals surface area contributed by atoms with Crippen LogP contribution in [0.4, 0.5) is 0 Å². The fraction of sp³-hybridized carbons (Fsp3) is 0.391. The van der Waals surface area contributed by atoms with Crippen molar-refractivity contribution >= 4 is 0 Å². The van der Waals surface area contributed by atoms with Crippen molar-refractivity contribution in [2.24, 2.45) is 17.6 Å². The number of ether oxygens (including phenoxy) is 1. The minimum atomic E-state index is -0.700. The molecule has 7 heteroatoms. The highest BCUT2D eigenvalue weighted by Gasteiger charge is 2.35. The van der Waals surface area contributed by atoms with Gasteiger partial charge in [0.15, 0.2) is 5.76 Å². The molecule has 0 saturated heterocycles.